The molecule has 1 aromatic rings. The van der Waals surface area contributed by atoms with E-state index >= 15 is 0 Å². The minimum absolute atomic E-state index is 0.489. The zero-order valence-corrected chi connectivity index (χ0v) is 11.9. The number of nitrogens with one attached hydrogen (secondary N) is 2. The largest absolute Gasteiger partial charge is 0.497 e. The number of carboxylic acid groups (broad SMARTS) is 1. The van der Waals surface area contributed by atoms with Crippen molar-refractivity contribution in [3.63, 3.8) is 0 Å². The number of carbonyl (C=O) groups is 1. The predicted octanol–water partition coefficient (Wildman–Crippen LogP) is 1.84. The molecule has 0 aliphatic carbocycles. The summed E-state index contributed by atoms with van der Waals surface area (Å²) in [7, 11) is 3.26. The average molecular weight is 282 g/mol. The quantitative estimate of drug-likeness (QED) is 0.602. The maximum Gasteiger partial charge on any atom is 0.404 e. The molecular formula is C14H22N2O4. The Hall–Kier alpha value is -1.95. The molecule has 112 valence electrons. The van der Waals surface area contributed by atoms with Gasteiger partial charge >= 0.3 is 6.09 Å². The number of rotatable bonds is 9. The van der Waals surface area contributed by atoms with Crippen LogP contribution in [0.5, 0.6) is 11.5 Å². The van der Waals surface area contributed by atoms with Crippen LogP contribution in [0.15, 0.2) is 18.2 Å². The first-order chi connectivity index (χ1) is 9.67. The Morgan fingerprint density at radius 2 is 1.95 bits per heavy atom. The van der Waals surface area contributed by atoms with E-state index in [-0.39, 0.29) is 0 Å². The molecule has 0 aromatic heterocycles. The van der Waals surface area contributed by atoms with Crippen molar-refractivity contribution in [2.24, 2.45) is 0 Å². The zero-order chi connectivity index (χ0) is 14.8. The van der Waals surface area contributed by atoms with Crippen LogP contribution in [0.25, 0.3) is 0 Å². The summed E-state index contributed by atoms with van der Waals surface area (Å²) in [5, 5.41) is 14.1. The molecule has 0 saturated heterocycles. The molecule has 0 atom stereocenters. The van der Waals surface area contributed by atoms with E-state index < -0.39 is 6.09 Å². The molecule has 0 fully saturated rings. The van der Waals surface area contributed by atoms with E-state index in [1.54, 1.807) is 14.2 Å². The van der Waals surface area contributed by atoms with Crippen molar-refractivity contribution in [1.29, 1.82) is 0 Å². The van der Waals surface area contributed by atoms with Crippen LogP contribution in [-0.4, -0.2) is 38.5 Å². The number of ether oxygens (including phenoxy) is 2. The summed E-state index contributed by atoms with van der Waals surface area (Å²) in [6.45, 7) is 2.03. The first kappa shape index (κ1) is 16.1. The normalized spacial score (nSPS) is 10.1. The Labute approximate surface area is 119 Å². The third kappa shape index (κ3) is 5.79. The first-order valence-corrected chi connectivity index (χ1v) is 6.55. The predicted molar refractivity (Wildman–Crippen MR) is 76.5 cm³/mol. The molecule has 1 aromatic carbocycles. The summed E-state index contributed by atoms with van der Waals surface area (Å²) >= 11 is 0. The van der Waals surface area contributed by atoms with Gasteiger partial charge in [0.05, 0.1) is 14.2 Å². The molecular weight excluding hydrogens is 260 g/mol. The van der Waals surface area contributed by atoms with E-state index in [2.05, 4.69) is 10.6 Å². The van der Waals surface area contributed by atoms with Gasteiger partial charge in [-0.05, 0) is 25.5 Å². The summed E-state index contributed by atoms with van der Waals surface area (Å²) in [5.74, 6) is 1.56. The van der Waals surface area contributed by atoms with Gasteiger partial charge in [-0.2, -0.15) is 0 Å². The molecule has 0 radical (unpaired) electrons. The topological polar surface area (TPSA) is 79.8 Å². The van der Waals surface area contributed by atoms with Gasteiger partial charge in [0.15, 0.2) is 0 Å². The monoisotopic (exact) mass is 282 g/mol. The SMILES string of the molecule is COc1ccc(CNCCCCNC(=O)O)c(OC)c1. The van der Waals surface area contributed by atoms with Crippen molar-refractivity contribution < 1.29 is 19.4 Å². The van der Waals surface area contributed by atoms with E-state index in [1.807, 2.05) is 18.2 Å². The highest BCUT2D eigenvalue weighted by atomic mass is 16.5. The molecule has 0 aliphatic rings. The number of unbranched alkanes of at least 4 members (excludes halogenated alkanes) is 1. The Morgan fingerprint density at radius 3 is 2.60 bits per heavy atom. The van der Waals surface area contributed by atoms with Crippen LogP contribution in [0.3, 0.4) is 0 Å². The van der Waals surface area contributed by atoms with Crippen molar-refractivity contribution in [2.45, 2.75) is 19.4 Å². The fraction of sp³-hybridized carbons (Fsp3) is 0.500. The molecule has 1 rings (SSSR count). The number of amides is 1. The lowest BCUT2D eigenvalue weighted by atomic mass is 10.2. The van der Waals surface area contributed by atoms with Gasteiger partial charge < -0.3 is 25.2 Å². The molecule has 6 nitrogen and oxygen atoms in total. The summed E-state index contributed by atoms with van der Waals surface area (Å²) < 4.78 is 10.5. The molecule has 20 heavy (non-hydrogen) atoms. The minimum atomic E-state index is -0.971. The zero-order valence-electron chi connectivity index (χ0n) is 11.9. The molecule has 3 N–H and O–H groups in total. The van der Waals surface area contributed by atoms with Gasteiger partial charge in [0, 0.05) is 24.7 Å². The van der Waals surface area contributed by atoms with Crippen LogP contribution in [0.4, 0.5) is 4.79 Å². The van der Waals surface area contributed by atoms with E-state index in [4.69, 9.17) is 14.6 Å². The second-order valence-electron chi connectivity index (χ2n) is 4.29. The van der Waals surface area contributed by atoms with E-state index in [9.17, 15) is 4.79 Å². The number of benzene rings is 1. The van der Waals surface area contributed by atoms with Crippen LogP contribution in [0.2, 0.25) is 0 Å². The number of hydrogen-bond acceptors (Lipinski definition) is 4. The van der Waals surface area contributed by atoms with Crippen molar-refractivity contribution in [1.82, 2.24) is 10.6 Å². The van der Waals surface area contributed by atoms with Gasteiger partial charge in [-0.1, -0.05) is 6.07 Å². The third-order valence-corrected chi connectivity index (χ3v) is 2.87. The fourth-order valence-electron chi connectivity index (χ4n) is 1.79. The second kappa shape index (κ2) is 9.03. The Bertz CT molecular complexity index is 424. The molecule has 0 saturated carbocycles. The van der Waals surface area contributed by atoms with E-state index in [0.717, 1.165) is 36.4 Å². The fourth-order valence-corrected chi connectivity index (χ4v) is 1.79. The molecule has 0 unspecified atom stereocenters. The van der Waals surface area contributed by atoms with E-state index in [0.29, 0.717) is 13.1 Å². The van der Waals surface area contributed by atoms with Crippen LogP contribution in [0, 0.1) is 0 Å². The van der Waals surface area contributed by atoms with Crippen molar-refractivity contribution in [2.75, 3.05) is 27.3 Å². The molecule has 0 heterocycles. The van der Waals surface area contributed by atoms with Crippen molar-refractivity contribution in [3.8, 4) is 11.5 Å². The molecule has 0 spiro atoms. The lowest BCUT2D eigenvalue weighted by molar-refractivity contribution is 0.194. The first-order valence-electron chi connectivity index (χ1n) is 6.55. The Morgan fingerprint density at radius 1 is 1.20 bits per heavy atom. The lowest BCUT2D eigenvalue weighted by Crippen LogP contribution is -2.23. The van der Waals surface area contributed by atoms with Crippen LogP contribution in [-0.2, 0) is 6.54 Å². The molecule has 6 heteroatoms. The van der Waals surface area contributed by atoms with E-state index in [1.165, 1.54) is 0 Å². The van der Waals surface area contributed by atoms with Gasteiger partial charge in [-0.25, -0.2) is 4.79 Å². The molecule has 1 amide bonds. The van der Waals surface area contributed by atoms with Gasteiger partial charge in [-0.15, -0.1) is 0 Å². The van der Waals surface area contributed by atoms with Gasteiger partial charge in [0.25, 0.3) is 0 Å². The molecule has 0 bridgehead atoms. The van der Waals surface area contributed by atoms with Crippen LogP contribution < -0.4 is 20.1 Å². The maximum absolute atomic E-state index is 10.2. The van der Waals surface area contributed by atoms with Crippen LogP contribution in [0.1, 0.15) is 18.4 Å². The summed E-state index contributed by atoms with van der Waals surface area (Å²) in [6, 6.07) is 5.72. The standard InChI is InChI=1S/C14H22N2O4/c1-19-12-6-5-11(13(9-12)20-2)10-15-7-3-4-8-16-14(17)18/h5-6,9,15-16H,3-4,7-8,10H2,1-2H3,(H,17,18). The third-order valence-electron chi connectivity index (χ3n) is 2.87. The van der Waals surface area contributed by atoms with Gasteiger partial charge in [0.2, 0.25) is 0 Å². The Balaban J connectivity index is 2.26. The second-order valence-corrected chi connectivity index (χ2v) is 4.29. The smallest absolute Gasteiger partial charge is 0.404 e. The highest BCUT2D eigenvalue weighted by Gasteiger charge is 2.04. The van der Waals surface area contributed by atoms with Gasteiger partial charge in [-0.3, -0.25) is 0 Å². The Kier molecular flexibility index (Phi) is 7.27. The van der Waals surface area contributed by atoms with Crippen molar-refractivity contribution in [3.05, 3.63) is 23.8 Å². The maximum atomic E-state index is 10.2. The van der Waals surface area contributed by atoms with Gasteiger partial charge in [0.1, 0.15) is 11.5 Å². The average Bonchev–Trinajstić information content (AvgIpc) is 2.46. The molecule has 0 aliphatic heterocycles. The van der Waals surface area contributed by atoms with Crippen molar-refractivity contribution >= 4 is 6.09 Å². The summed E-state index contributed by atoms with van der Waals surface area (Å²) in [6.07, 6.45) is 0.763. The number of methoxy groups -OCH3 is 2. The van der Waals surface area contributed by atoms with Crippen LogP contribution >= 0.6 is 0 Å². The summed E-state index contributed by atoms with van der Waals surface area (Å²) in [5.41, 5.74) is 1.07. The summed E-state index contributed by atoms with van der Waals surface area (Å²) in [4.78, 5) is 10.2. The highest BCUT2D eigenvalue weighted by Crippen LogP contribution is 2.24. The minimum Gasteiger partial charge on any atom is -0.497 e. The lowest BCUT2D eigenvalue weighted by Gasteiger charge is -2.11. The highest BCUT2D eigenvalue weighted by molar-refractivity contribution is 5.64. The number of hydrogen-bond donors (Lipinski definition) is 3.